The van der Waals surface area contributed by atoms with Crippen molar-refractivity contribution < 1.29 is 9.90 Å². The Bertz CT molecular complexity index is 324. The molecule has 0 spiro atoms. The Morgan fingerprint density at radius 1 is 1.38 bits per heavy atom. The van der Waals surface area contributed by atoms with Gasteiger partial charge >= 0.3 is 5.97 Å². The number of rotatable bonds is 6. The quantitative estimate of drug-likeness (QED) is 0.776. The number of hydrogen-bond donors (Lipinski definition) is 2. The number of carboxylic acids is 1. The topological polar surface area (TPSA) is 49.3 Å². The van der Waals surface area contributed by atoms with E-state index in [1.54, 1.807) is 0 Å². The Labute approximate surface area is 96.5 Å². The van der Waals surface area contributed by atoms with E-state index in [2.05, 4.69) is 5.32 Å². The van der Waals surface area contributed by atoms with E-state index in [1.807, 2.05) is 44.2 Å². The van der Waals surface area contributed by atoms with Crippen LogP contribution in [0.15, 0.2) is 30.3 Å². The van der Waals surface area contributed by atoms with Gasteiger partial charge in [-0.3, -0.25) is 10.1 Å². The first-order valence-electron chi connectivity index (χ1n) is 5.69. The molecule has 0 saturated carbocycles. The maximum absolute atomic E-state index is 11.0. The summed E-state index contributed by atoms with van der Waals surface area (Å²) in [4.78, 5) is 11.0. The second-order valence-corrected chi connectivity index (χ2v) is 3.98. The molecule has 1 rings (SSSR count). The van der Waals surface area contributed by atoms with Gasteiger partial charge in [-0.25, -0.2) is 0 Å². The van der Waals surface area contributed by atoms with Crippen LogP contribution in [0.3, 0.4) is 0 Å². The number of carbonyl (C=O) groups is 1. The van der Waals surface area contributed by atoms with Crippen molar-refractivity contribution in [2.24, 2.45) is 0 Å². The average Bonchev–Trinajstić information content (AvgIpc) is 2.29. The molecule has 1 aromatic rings. The summed E-state index contributed by atoms with van der Waals surface area (Å²) in [6.07, 6.45) is 1.53. The first kappa shape index (κ1) is 12.7. The molecule has 0 amide bonds. The first-order valence-corrected chi connectivity index (χ1v) is 5.69. The molecule has 16 heavy (non-hydrogen) atoms. The first-order chi connectivity index (χ1) is 7.65. The van der Waals surface area contributed by atoms with E-state index in [-0.39, 0.29) is 6.04 Å². The Balaban J connectivity index is 2.61. The minimum absolute atomic E-state index is 0.0637. The van der Waals surface area contributed by atoms with Gasteiger partial charge in [0.15, 0.2) is 0 Å². The molecule has 0 aliphatic heterocycles. The fraction of sp³-hybridized carbons (Fsp3) is 0.462. The maximum atomic E-state index is 11.0. The summed E-state index contributed by atoms with van der Waals surface area (Å²) in [6, 6.07) is 9.49. The van der Waals surface area contributed by atoms with Crippen LogP contribution in [-0.4, -0.2) is 17.1 Å². The zero-order chi connectivity index (χ0) is 12.0. The Morgan fingerprint density at radius 2 is 2.00 bits per heavy atom. The third-order valence-corrected chi connectivity index (χ3v) is 2.63. The minimum Gasteiger partial charge on any atom is -0.480 e. The number of aliphatic carboxylic acids is 1. The summed E-state index contributed by atoms with van der Waals surface area (Å²) < 4.78 is 0. The molecule has 2 atom stereocenters. The summed E-state index contributed by atoms with van der Waals surface area (Å²) in [5.74, 6) is -0.773. The van der Waals surface area contributed by atoms with Gasteiger partial charge in [0.2, 0.25) is 0 Å². The van der Waals surface area contributed by atoms with Crippen molar-refractivity contribution in [1.82, 2.24) is 5.32 Å². The molecule has 3 heteroatoms. The van der Waals surface area contributed by atoms with E-state index in [4.69, 9.17) is 5.11 Å². The van der Waals surface area contributed by atoms with E-state index >= 15 is 0 Å². The van der Waals surface area contributed by atoms with Crippen LogP contribution in [-0.2, 0) is 4.79 Å². The lowest BCUT2D eigenvalue weighted by atomic mass is 10.1. The second-order valence-electron chi connectivity index (χ2n) is 3.98. The van der Waals surface area contributed by atoms with Crippen LogP contribution in [0.1, 0.15) is 38.3 Å². The minimum atomic E-state index is -0.773. The third-order valence-electron chi connectivity index (χ3n) is 2.63. The lowest BCUT2D eigenvalue weighted by Crippen LogP contribution is -2.38. The van der Waals surface area contributed by atoms with Crippen molar-refractivity contribution >= 4 is 5.97 Å². The van der Waals surface area contributed by atoms with Crippen molar-refractivity contribution in [3.63, 3.8) is 0 Å². The molecule has 0 bridgehead atoms. The van der Waals surface area contributed by atoms with Crippen molar-refractivity contribution in [2.75, 3.05) is 0 Å². The van der Waals surface area contributed by atoms with E-state index in [9.17, 15) is 4.79 Å². The largest absolute Gasteiger partial charge is 0.480 e. The fourth-order valence-corrected chi connectivity index (χ4v) is 1.71. The van der Waals surface area contributed by atoms with Gasteiger partial charge in [-0.15, -0.1) is 0 Å². The lowest BCUT2D eigenvalue weighted by molar-refractivity contribution is -0.139. The molecule has 2 unspecified atom stereocenters. The predicted molar refractivity (Wildman–Crippen MR) is 64.3 cm³/mol. The normalized spacial score (nSPS) is 14.4. The standard InChI is InChI=1S/C13H19NO2/c1-3-7-12(13(15)16)14-10(2)11-8-5-4-6-9-11/h4-6,8-10,12,14H,3,7H2,1-2H3,(H,15,16). The molecule has 88 valence electrons. The highest BCUT2D eigenvalue weighted by Crippen LogP contribution is 2.13. The highest BCUT2D eigenvalue weighted by Gasteiger charge is 2.18. The van der Waals surface area contributed by atoms with Crippen molar-refractivity contribution in [1.29, 1.82) is 0 Å². The number of carboxylic acid groups (broad SMARTS) is 1. The molecule has 0 aromatic heterocycles. The van der Waals surface area contributed by atoms with E-state index in [1.165, 1.54) is 0 Å². The highest BCUT2D eigenvalue weighted by molar-refractivity contribution is 5.73. The lowest BCUT2D eigenvalue weighted by Gasteiger charge is -2.20. The van der Waals surface area contributed by atoms with Gasteiger partial charge in [-0.05, 0) is 18.9 Å². The van der Waals surface area contributed by atoms with Gasteiger partial charge in [0, 0.05) is 6.04 Å². The molecule has 2 N–H and O–H groups in total. The Hall–Kier alpha value is -1.35. The molecule has 0 aliphatic rings. The van der Waals surface area contributed by atoms with Gasteiger partial charge in [0.05, 0.1) is 0 Å². The second kappa shape index (κ2) is 6.28. The van der Waals surface area contributed by atoms with Gasteiger partial charge in [0.25, 0.3) is 0 Å². The molecular weight excluding hydrogens is 202 g/mol. The van der Waals surface area contributed by atoms with Crippen LogP contribution in [0.2, 0.25) is 0 Å². The Morgan fingerprint density at radius 3 is 2.50 bits per heavy atom. The molecule has 0 fully saturated rings. The SMILES string of the molecule is CCCC(NC(C)c1ccccc1)C(=O)O. The maximum Gasteiger partial charge on any atom is 0.320 e. The van der Waals surface area contributed by atoms with Crippen LogP contribution >= 0.6 is 0 Å². The Kier molecular flexibility index (Phi) is 4.99. The summed E-state index contributed by atoms with van der Waals surface area (Å²) in [5.41, 5.74) is 1.12. The summed E-state index contributed by atoms with van der Waals surface area (Å²) in [5, 5.41) is 12.2. The van der Waals surface area contributed by atoms with Crippen LogP contribution in [0, 0.1) is 0 Å². The monoisotopic (exact) mass is 221 g/mol. The average molecular weight is 221 g/mol. The van der Waals surface area contributed by atoms with Crippen LogP contribution < -0.4 is 5.32 Å². The molecule has 0 radical (unpaired) electrons. The van der Waals surface area contributed by atoms with Crippen LogP contribution in [0.4, 0.5) is 0 Å². The van der Waals surface area contributed by atoms with Gasteiger partial charge in [0.1, 0.15) is 6.04 Å². The van der Waals surface area contributed by atoms with Gasteiger partial charge in [-0.1, -0.05) is 43.7 Å². The zero-order valence-electron chi connectivity index (χ0n) is 9.81. The predicted octanol–water partition coefficient (Wildman–Crippen LogP) is 2.59. The van der Waals surface area contributed by atoms with Gasteiger partial charge in [-0.2, -0.15) is 0 Å². The van der Waals surface area contributed by atoms with E-state index < -0.39 is 12.0 Å². The fourth-order valence-electron chi connectivity index (χ4n) is 1.71. The van der Waals surface area contributed by atoms with Crippen molar-refractivity contribution in [3.8, 4) is 0 Å². The molecule has 3 nitrogen and oxygen atoms in total. The molecule has 0 aliphatic carbocycles. The van der Waals surface area contributed by atoms with Gasteiger partial charge < -0.3 is 5.11 Å². The molecular formula is C13H19NO2. The molecule has 1 aromatic carbocycles. The van der Waals surface area contributed by atoms with Crippen LogP contribution in [0.25, 0.3) is 0 Å². The summed E-state index contributed by atoms with van der Waals surface area (Å²) in [7, 11) is 0. The van der Waals surface area contributed by atoms with Crippen molar-refractivity contribution in [3.05, 3.63) is 35.9 Å². The number of nitrogens with one attached hydrogen (secondary N) is 1. The molecule has 0 heterocycles. The highest BCUT2D eigenvalue weighted by atomic mass is 16.4. The number of hydrogen-bond acceptors (Lipinski definition) is 2. The number of benzene rings is 1. The van der Waals surface area contributed by atoms with E-state index in [0.717, 1.165) is 12.0 Å². The summed E-state index contributed by atoms with van der Waals surface area (Å²) >= 11 is 0. The zero-order valence-corrected chi connectivity index (χ0v) is 9.81. The van der Waals surface area contributed by atoms with Crippen molar-refractivity contribution in [2.45, 2.75) is 38.8 Å². The molecule has 0 saturated heterocycles. The third kappa shape index (κ3) is 3.66. The summed E-state index contributed by atoms with van der Waals surface area (Å²) in [6.45, 7) is 3.98. The van der Waals surface area contributed by atoms with E-state index in [0.29, 0.717) is 6.42 Å². The van der Waals surface area contributed by atoms with Crippen LogP contribution in [0.5, 0.6) is 0 Å². The smallest absolute Gasteiger partial charge is 0.320 e.